The maximum atomic E-state index is 13.5. The molecule has 0 saturated heterocycles. The summed E-state index contributed by atoms with van der Waals surface area (Å²) >= 11 is 0. The highest BCUT2D eigenvalue weighted by molar-refractivity contribution is 6.06. The lowest BCUT2D eigenvalue weighted by molar-refractivity contribution is -0.135. The second-order valence-corrected chi connectivity index (χ2v) is 8.72. The molecule has 1 aromatic heterocycles. The number of benzene rings is 1. The van der Waals surface area contributed by atoms with Crippen LogP contribution in [0.1, 0.15) is 70.8 Å². The van der Waals surface area contributed by atoms with Crippen molar-refractivity contribution in [2.24, 2.45) is 13.0 Å². The van der Waals surface area contributed by atoms with Gasteiger partial charge in [-0.2, -0.15) is 0 Å². The molecule has 1 saturated carbocycles. The fourth-order valence-electron chi connectivity index (χ4n) is 4.68. The van der Waals surface area contributed by atoms with E-state index in [0.717, 1.165) is 6.42 Å². The van der Waals surface area contributed by atoms with Gasteiger partial charge in [0.15, 0.2) is 5.78 Å². The number of ketones is 1. The summed E-state index contributed by atoms with van der Waals surface area (Å²) in [4.78, 5) is 40.9. The third kappa shape index (κ3) is 4.03. The zero-order valence-electron chi connectivity index (χ0n) is 19.4. The van der Waals surface area contributed by atoms with Crippen LogP contribution in [0.2, 0.25) is 0 Å². The van der Waals surface area contributed by atoms with Crippen LogP contribution in [0.5, 0.6) is 0 Å². The predicted octanol–water partition coefficient (Wildman–Crippen LogP) is 4.04. The molecular formula is C25H32N2O4. The normalized spacial score (nSPS) is 18.6. The van der Waals surface area contributed by atoms with Gasteiger partial charge in [0, 0.05) is 30.3 Å². The topological polar surface area (TPSA) is 68.6 Å². The highest BCUT2D eigenvalue weighted by atomic mass is 16.5. The molecule has 1 aliphatic carbocycles. The van der Waals surface area contributed by atoms with Crippen molar-refractivity contribution in [2.75, 3.05) is 7.11 Å². The third-order valence-electron chi connectivity index (χ3n) is 6.50. The number of rotatable bonds is 7. The molecule has 6 nitrogen and oxygen atoms in total. The summed E-state index contributed by atoms with van der Waals surface area (Å²) < 4.78 is 6.58. The van der Waals surface area contributed by atoms with E-state index >= 15 is 0 Å². The Morgan fingerprint density at radius 2 is 1.71 bits per heavy atom. The highest BCUT2D eigenvalue weighted by Gasteiger charge is 2.47. The molecule has 3 rings (SSSR count). The third-order valence-corrected chi connectivity index (χ3v) is 6.50. The van der Waals surface area contributed by atoms with Gasteiger partial charge < -0.3 is 14.2 Å². The largest absolute Gasteiger partial charge is 0.464 e. The summed E-state index contributed by atoms with van der Waals surface area (Å²) in [5, 5.41) is 0. The first kappa shape index (κ1) is 22.8. The fourth-order valence-corrected chi connectivity index (χ4v) is 4.68. The van der Waals surface area contributed by atoms with E-state index in [4.69, 9.17) is 4.74 Å². The Labute approximate surface area is 184 Å². The second-order valence-electron chi connectivity index (χ2n) is 8.72. The van der Waals surface area contributed by atoms with Gasteiger partial charge in [0.2, 0.25) is 5.91 Å². The average molecular weight is 425 g/mol. The molecule has 0 N–H and O–H groups in total. The van der Waals surface area contributed by atoms with Crippen molar-refractivity contribution in [3.8, 4) is 0 Å². The van der Waals surface area contributed by atoms with Crippen molar-refractivity contribution in [3.63, 3.8) is 0 Å². The average Bonchev–Trinajstić information content (AvgIpc) is 3.51. The number of aromatic nitrogens is 1. The van der Waals surface area contributed by atoms with E-state index in [1.807, 2.05) is 39.0 Å². The van der Waals surface area contributed by atoms with Gasteiger partial charge in [0.1, 0.15) is 5.69 Å². The molecule has 1 amide bonds. The summed E-state index contributed by atoms with van der Waals surface area (Å²) in [5.41, 5.74) is 3.31. The van der Waals surface area contributed by atoms with E-state index in [1.54, 1.807) is 30.4 Å². The Bertz CT molecular complexity index is 1010. The summed E-state index contributed by atoms with van der Waals surface area (Å²) in [6, 6.07) is 9.30. The minimum atomic E-state index is -0.630. The van der Waals surface area contributed by atoms with Crippen LogP contribution in [0, 0.1) is 19.8 Å². The number of methoxy groups -OCH3 is 1. The Kier molecular flexibility index (Phi) is 6.39. The van der Waals surface area contributed by atoms with Crippen LogP contribution >= 0.6 is 0 Å². The zero-order chi connectivity index (χ0) is 23.0. The fraction of sp³-hybridized carbons (Fsp3) is 0.480. The van der Waals surface area contributed by atoms with E-state index in [1.165, 1.54) is 12.7 Å². The summed E-state index contributed by atoms with van der Waals surface area (Å²) in [6.45, 7) is 9.22. The first-order valence-corrected chi connectivity index (χ1v) is 10.8. The smallest absolute Gasteiger partial charge is 0.354 e. The van der Waals surface area contributed by atoms with Gasteiger partial charge >= 0.3 is 5.97 Å². The van der Waals surface area contributed by atoms with Crippen molar-refractivity contribution >= 4 is 17.7 Å². The molecule has 6 heteroatoms. The number of hydrogen-bond donors (Lipinski definition) is 0. The maximum Gasteiger partial charge on any atom is 0.354 e. The van der Waals surface area contributed by atoms with Crippen molar-refractivity contribution in [1.82, 2.24) is 9.47 Å². The highest BCUT2D eigenvalue weighted by Crippen LogP contribution is 2.49. The van der Waals surface area contributed by atoms with Crippen LogP contribution in [0.4, 0.5) is 0 Å². The molecule has 2 aromatic rings. The molecule has 0 bridgehead atoms. The van der Waals surface area contributed by atoms with Gasteiger partial charge in [-0.1, -0.05) is 30.3 Å². The molecule has 0 unspecified atom stereocenters. The first-order valence-electron chi connectivity index (χ1n) is 10.8. The van der Waals surface area contributed by atoms with Crippen molar-refractivity contribution in [3.05, 3.63) is 58.4 Å². The van der Waals surface area contributed by atoms with Gasteiger partial charge in [0.05, 0.1) is 13.2 Å². The monoisotopic (exact) mass is 424 g/mol. The van der Waals surface area contributed by atoms with E-state index in [-0.39, 0.29) is 29.6 Å². The Balaban J connectivity index is 1.88. The lowest BCUT2D eigenvalue weighted by Gasteiger charge is -2.32. The first-order chi connectivity index (χ1) is 14.6. The summed E-state index contributed by atoms with van der Waals surface area (Å²) in [7, 11) is 3.07. The van der Waals surface area contributed by atoms with Crippen LogP contribution in [-0.4, -0.2) is 46.3 Å². The van der Waals surface area contributed by atoms with Gasteiger partial charge in [-0.05, 0) is 58.1 Å². The van der Waals surface area contributed by atoms with Crippen molar-refractivity contribution < 1.29 is 19.1 Å². The van der Waals surface area contributed by atoms with Gasteiger partial charge in [-0.15, -0.1) is 0 Å². The Morgan fingerprint density at radius 3 is 2.26 bits per heavy atom. The van der Waals surface area contributed by atoms with E-state index < -0.39 is 12.0 Å². The molecule has 3 atom stereocenters. The maximum absolute atomic E-state index is 13.5. The van der Waals surface area contributed by atoms with Crippen LogP contribution in [-0.2, 0) is 16.6 Å². The lowest BCUT2D eigenvalue weighted by Crippen LogP contribution is -2.48. The Hall–Kier alpha value is -2.89. The SMILES string of the molecule is COC(=O)c1c(C)c(C(=O)[C@@H](C)N(C(=O)[C@H]2C[C@H]2c2ccccc2)C(C)C)c(C)n1C. The quantitative estimate of drug-likeness (QED) is 0.497. The van der Waals surface area contributed by atoms with Crippen LogP contribution < -0.4 is 0 Å². The second kappa shape index (κ2) is 8.69. The number of hydrogen-bond acceptors (Lipinski definition) is 4. The number of amides is 1. The predicted molar refractivity (Wildman–Crippen MR) is 119 cm³/mol. The van der Waals surface area contributed by atoms with E-state index in [0.29, 0.717) is 22.5 Å². The van der Waals surface area contributed by atoms with Crippen LogP contribution in [0.3, 0.4) is 0 Å². The number of Topliss-reactive ketones (excluding diaryl/α,β-unsaturated/α-hetero) is 1. The van der Waals surface area contributed by atoms with Crippen LogP contribution in [0.15, 0.2) is 30.3 Å². The van der Waals surface area contributed by atoms with Crippen molar-refractivity contribution in [1.29, 1.82) is 0 Å². The summed E-state index contributed by atoms with van der Waals surface area (Å²) in [5.74, 6) is -0.494. The molecule has 166 valence electrons. The molecule has 1 aliphatic rings. The standard InChI is InChI=1S/C25H32N2O4/c1-14(2)27(24(29)20-13-19(20)18-11-9-8-10-12-18)17(5)23(28)21-15(3)22(25(30)31-7)26(6)16(21)4/h8-12,14,17,19-20H,13H2,1-7H3/t17-,19+,20+/m1/s1. The number of nitrogens with zero attached hydrogens (tertiary/aromatic N) is 2. The van der Waals surface area contributed by atoms with Gasteiger partial charge in [0.25, 0.3) is 0 Å². The summed E-state index contributed by atoms with van der Waals surface area (Å²) in [6.07, 6.45) is 0.808. The molecule has 1 fully saturated rings. The molecule has 31 heavy (non-hydrogen) atoms. The molecule has 1 aromatic carbocycles. The molecular weight excluding hydrogens is 392 g/mol. The van der Waals surface area contributed by atoms with Gasteiger partial charge in [-0.3, -0.25) is 9.59 Å². The van der Waals surface area contributed by atoms with Crippen LogP contribution in [0.25, 0.3) is 0 Å². The number of carbonyl (C=O) groups excluding carboxylic acids is 3. The minimum absolute atomic E-state index is 0.0177. The van der Waals surface area contributed by atoms with Gasteiger partial charge in [-0.25, -0.2) is 4.79 Å². The molecule has 0 spiro atoms. The minimum Gasteiger partial charge on any atom is -0.464 e. The van der Waals surface area contributed by atoms with E-state index in [2.05, 4.69) is 12.1 Å². The zero-order valence-corrected chi connectivity index (χ0v) is 19.4. The Morgan fingerprint density at radius 1 is 1.10 bits per heavy atom. The number of ether oxygens (including phenoxy) is 1. The number of carbonyl (C=O) groups is 3. The molecule has 0 radical (unpaired) electrons. The number of esters is 1. The van der Waals surface area contributed by atoms with E-state index in [9.17, 15) is 14.4 Å². The molecule has 0 aliphatic heterocycles. The van der Waals surface area contributed by atoms with Crippen molar-refractivity contribution in [2.45, 2.75) is 59.0 Å². The lowest BCUT2D eigenvalue weighted by atomic mass is 9.98. The molecule has 1 heterocycles.